The van der Waals surface area contributed by atoms with Gasteiger partial charge in [0.05, 0.1) is 12.6 Å². The Labute approximate surface area is 510 Å². The molecule has 2 aromatic heterocycles. The van der Waals surface area contributed by atoms with Crippen molar-refractivity contribution in [2.24, 2.45) is 33.7 Å². The van der Waals surface area contributed by atoms with E-state index in [2.05, 4.69) is 57.5 Å². The Balaban J connectivity index is 1.54. The summed E-state index contributed by atoms with van der Waals surface area (Å²) in [6.45, 7) is -0.317. The zero-order valence-corrected chi connectivity index (χ0v) is 49.1. The van der Waals surface area contributed by atoms with Gasteiger partial charge < -0.3 is 102 Å². The smallest absolute Gasteiger partial charge is 0.326 e. The first kappa shape index (κ1) is 71.8. The number of carboxylic acids is 4. The van der Waals surface area contributed by atoms with Crippen molar-refractivity contribution in [1.82, 2.24) is 52.5 Å². The summed E-state index contributed by atoms with van der Waals surface area (Å²) >= 11 is 0. The molecule has 0 unspecified atom stereocenters. The van der Waals surface area contributed by atoms with Crippen LogP contribution in [0.2, 0.25) is 0 Å². The standard InChI is InChI=1S/C57H82N16O16/c58-23-7-5-14-38(67-45(74)30-66-49(81)35(60)26-31-28-64-36-12-3-1-10-33(31)36)50(82)70-42(18-21-47(77)78)54(86)72-43(19-22-48(79)80)55(87)71-41(17-20-46(75)76)53(85)68-39(15-6-8-24-59)51(83)69-40(16-9-25-63-57(61)62)52(84)73-44(56(88)89)27-32-29-65-37-13-4-2-11-34(32)37/h1-4,10-13,28-29,35,38-44,64-65H,5-9,14-27,30,58-60H2,(H,66,81)(H,67,74)(H,68,85)(H,69,83)(H,70,82)(H,71,87)(H,72,86)(H,73,84)(H,75,76)(H,77,78)(H,79,80)(H,88,89)(H4,61,62,63)/t35-,38-,39-,40-,41-,42-,43-,44-/m0/s1. The summed E-state index contributed by atoms with van der Waals surface area (Å²) in [4.78, 5) is 169. The summed E-state index contributed by atoms with van der Waals surface area (Å²) in [5.74, 6) is -14.1. The van der Waals surface area contributed by atoms with Gasteiger partial charge in [0.2, 0.25) is 47.3 Å². The molecule has 2 aromatic carbocycles. The zero-order chi connectivity index (χ0) is 65.6. The van der Waals surface area contributed by atoms with Gasteiger partial charge in [-0.1, -0.05) is 36.4 Å². The van der Waals surface area contributed by atoms with Crippen LogP contribution in [0.25, 0.3) is 21.8 Å². The van der Waals surface area contributed by atoms with Crippen LogP contribution in [0.4, 0.5) is 0 Å². The van der Waals surface area contributed by atoms with Crippen molar-refractivity contribution in [3.05, 3.63) is 72.1 Å². The highest BCUT2D eigenvalue weighted by atomic mass is 16.4. The number of guanidine groups is 1. The van der Waals surface area contributed by atoms with Gasteiger partial charge in [-0.25, -0.2) is 4.79 Å². The minimum Gasteiger partial charge on any atom is -0.481 e. The molecule has 32 nitrogen and oxygen atoms in total. The third kappa shape index (κ3) is 24.9. The molecule has 0 fully saturated rings. The summed E-state index contributed by atoms with van der Waals surface area (Å²) in [6, 6.07) is 1.97. The Bertz CT molecular complexity index is 3130. The lowest BCUT2D eigenvalue weighted by atomic mass is 10.0. The number of aliphatic imine (C=N–C) groups is 1. The van der Waals surface area contributed by atoms with Crippen molar-refractivity contribution in [3.63, 3.8) is 0 Å². The third-order valence-corrected chi connectivity index (χ3v) is 14.2. The SMILES string of the molecule is NCCCC[C@H](NC(=O)CNC(=O)[C@@H](N)Cc1c[nH]c2ccccc12)C(=O)N[C@@H](CCC(=O)O)C(=O)N[C@@H](CCC(=O)O)C(=O)N[C@@H](CCC(=O)O)C(=O)N[C@@H](CCCCN)C(=O)N[C@@H](CCCN=C(N)N)C(=O)N[C@@H](Cc1c[nH]c2ccccc12)C(=O)O. The first-order chi connectivity index (χ1) is 42.4. The number of unbranched alkanes of at least 4 members (excludes halogenated alkanes) is 2. The van der Waals surface area contributed by atoms with E-state index in [0.29, 0.717) is 29.3 Å². The fourth-order valence-electron chi connectivity index (χ4n) is 9.43. The molecule has 0 aliphatic carbocycles. The van der Waals surface area contributed by atoms with Crippen LogP contribution in [-0.4, -0.2) is 182 Å². The number of para-hydroxylation sites is 2. The number of amides is 8. The van der Waals surface area contributed by atoms with Crippen molar-refractivity contribution in [2.45, 2.75) is 151 Å². The Morgan fingerprint density at radius 2 is 0.809 bits per heavy atom. The van der Waals surface area contributed by atoms with E-state index >= 15 is 0 Å². The normalized spacial score (nSPS) is 13.8. The predicted molar refractivity (Wildman–Crippen MR) is 322 cm³/mol. The second-order valence-electron chi connectivity index (χ2n) is 21.1. The number of carbonyl (C=O) groups is 12. The third-order valence-electron chi connectivity index (χ3n) is 14.2. The van der Waals surface area contributed by atoms with Crippen molar-refractivity contribution < 1.29 is 78.0 Å². The van der Waals surface area contributed by atoms with Crippen LogP contribution in [0.5, 0.6) is 0 Å². The number of aromatic nitrogens is 2. The summed E-state index contributed by atoms with van der Waals surface area (Å²) in [7, 11) is 0. The number of nitrogens with two attached hydrogens (primary N) is 5. The van der Waals surface area contributed by atoms with Gasteiger partial charge in [-0.3, -0.25) is 57.7 Å². The number of benzene rings is 2. The number of rotatable bonds is 42. The monoisotopic (exact) mass is 1250 g/mol. The fraction of sp³-hybridized carbons (Fsp3) is 0.491. The van der Waals surface area contributed by atoms with E-state index in [4.69, 9.17) is 28.7 Å². The molecule has 486 valence electrons. The molecule has 0 saturated heterocycles. The van der Waals surface area contributed by atoms with Gasteiger partial charge in [-0.15, -0.1) is 0 Å². The summed E-state index contributed by atoms with van der Waals surface area (Å²) in [5, 5.41) is 60.2. The number of carbonyl (C=O) groups excluding carboxylic acids is 8. The van der Waals surface area contributed by atoms with Crippen LogP contribution in [0.1, 0.15) is 101 Å². The number of aliphatic carboxylic acids is 4. The molecular formula is C57H82N16O16. The molecule has 24 N–H and O–H groups in total. The molecule has 8 atom stereocenters. The fourth-order valence-corrected chi connectivity index (χ4v) is 9.43. The molecule has 0 spiro atoms. The molecule has 0 saturated carbocycles. The maximum Gasteiger partial charge on any atom is 0.326 e. The average molecular weight is 1250 g/mol. The van der Waals surface area contributed by atoms with E-state index in [1.165, 1.54) is 0 Å². The highest BCUT2D eigenvalue weighted by Gasteiger charge is 2.35. The second kappa shape index (κ2) is 37.1. The lowest BCUT2D eigenvalue weighted by molar-refractivity contribution is -0.142. The van der Waals surface area contributed by atoms with Crippen LogP contribution >= 0.6 is 0 Å². The number of nitrogens with one attached hydrogen (secondary N) is 10. The predicted octanol–water partition coefficient (Wildman–Crippen LogP) is -2.74. The molecule has 0 aliphatic heterocycles. The van der Waals surface area contributed by atoms with Gasteiger partial charge >= 0.3 is 23.9 Å². The van der Waals surface area contributed by atoms with E-state index in [1.54, 1.807) is 36.7 Å². The molecular weight excluding hydrogens is 1160 g/mol. The number of hydrogen-bond donors (Lipinski definition) is 19. The van der Waals surface area contributed by atoms with Crippen LogP contribution in [0.3, 0.4) is 0 Å². The number of aromatic amines is 2. The maximum atomic E-state index is 14.3. The molecule has 0 bridgehead atoms. The van der Waals surface area contributed by atoms with E-state index in [1.807, 2.05) is 24.3 Å². The van der Waals surface area contributed by atoms with Crippen molar-refractivity contribution in [2.75, 3.05) is 26.2 Å². The largest absolute Gasteiger partial charge is 0.481 e. The Hall–Kier alpha value is -9.69. The van der Waals surface area contributed by atoms with Crippen LogP contribution < -0.4 is 71.2 Å². The van der Waals surface area contributed by atoms with Crippen LogP contribution in [0, 0.1) is 0 Å². The lowest BCUT2D eigenvalue weighted by Gasteiger charge is -2.28. The quantitative estimate of drug-likeness (QED) is 0.0122. The number of fused-ring (bicyclic) bond motifs is 2. The number of nitrogens with zero attached hydrogens (tertiary/aromatic N) is 1. The van der Waals surface area contributed by atoms with Gasteiger partial charge in [0, 0.05) is 66.4 Å². The molecule has 4 aromatic rings. The van der Waals surface area contributed by atoms with E-state index in [-0.39, 0.29) is 77.0 Å². The number of H-pyrrole nitrogens is 2. The summed E-state index contributed by atoms with van der Waals surface area (Å²) < 4.78 is 0. The van der Waals surface area contributed by atoms with Gasteiger partial charge in [-0.05, 0) is 113 Å². The number of carboxylic acid groups (broad SMARTS) is 4. The maximum absolute atomic E-state index is 14.3. The molecule has 89 heavy (non-hydrogen) atoms. The Morgan fingerprint density at radius 1 is 0.449 bits per heavy atom. The van der Waals surface area contributed by atoms with Gasteiger partial charge in [0.1, 0.15) is 42.3 Å². The number of hydrogen-bond acceptors (Lipinski definition) is 16. The highest BCUT2D eigenvalue weighted by Crippen LogP contribution is 2.21. The van der Waals surface area contributed by atoms with Crippen LogP contribution in [0.15, 0.2) is 65.9 Å². The average Bonchev–Trinajstić information content (AvgIpc) is 2.97. The minimum absolute atomic E-state index is 0.0165. The zero-order valence-electron chi connectivity index (χ0n) is 49.1. The Kier molecular flexibility index (Phi) is 29.9. The first-order valence-electron chi connectivity index (χ1n) is 29.0. The molecule has 8 amide bonds. The Morgan fingerprint density at radius 3 is 1.19 bits per heavy atom. The topological polar surface area (TPSA) is 556 Å². The van der Waals surface area contributed by atoms with Crippen molar-refractivity contribution >= 4 is 98.9 Å². The highest BCUT2D eigenvalue weighted by molar-refractivity contribution is 5.98. The van der Waals surface area contributed by atoms with Crippen molar-refractivity contribution in [3.8, 4) is 0 Å². The van der Waals surface area contributed by atoms with E-state index < -0.39 is 165 Å². The molecule has 0 aliphatic rings. The molecule has 0 radical (unpaired) electrons. The lowest BCUT2D eigenvalue weighted by Crippen LogP contribution is -2.60. The van der Waals surface area contributed by atoms with Crippen LogP contribution in [-0.2, 0) is 70.4 Å². The van der Waals surface area contributed by atoms with Gasteiger partial charge in [0.25, 0.3) is 0 Å². The van der Waals surface area contributed by atoms with E-state index in [9.17, 15) is 78.0 Å². The molecule has 2 heterocycles. The molecule has 4 rings (SSSR count). The summed E-state index contributed by atoms with van der Waals surface area (Å²) in [6.07, 6.45) is -0.133. The van der Waals surface area contributed by atoms with Crippen molar-refractivity contribution in [1.29, 1.82) is 0 Å². The first-order valence-corrected chi connectivity index (χ1v) is 29.0. The minimum atomic E-state index is -1.87. The van der Waals surface area contributed by atoms with Gasteiger partial charge in [-0.2, -0.15) is 0 Å². The summed E-state index contributed by atoms with van der Waals surface area (Å²) in [5.41, 5.74) is 31.4. The second-order valence-corrected chi connectivity index (χ2v) is 21.1. The molecule has 32 heteroatoms. The van der Waals surface area contributed by atoms with E-state index in [0.717, 1.165) is 16.5 Å². The van der Waals surface area contributed by atoms with Gasteiger partial charge in [0.15, 0.2) is 5.96 Å².